The molecular weight excluding hydrogens is 312 g/mol. The minimum absolute atomic E-state index is 0.168. The van der Waals surface area contributed by atoms with E-state index in [2.05, 4.69) is 4.74 Å². The van der Waals surface area contributed by atoms with E-state index in [-0.39, 0.29) is 11.1 Å². The minimum Gasteiger partial charge on any atom is -0.409 e. The Hall–Kier alpha value is -1.82. The Balaban J connectivity index is 2.41. The number of carbonyl (C=O) groups is 1. The molecule has 1 aliphatic rings. The van der Waals surface area contributed by atoms with Crippen LogP contribution in [0.1, 0.15) is 16.8 Å². The van der Waals surface area contributed by atoms with Gasteiger partial charge in [0, 0.05) is 5.56 Å². The van der Waals surface area contributed by atoms with Crippen molar-refractivity contribution in [2.24, 2.45) is 0 Å². The molecule has 1 atom stereocenters. The highest BCUT2D eigenvalue weighted by Crippen LogP contribution is 2.38. The van der Waals surface area contributed by atoms with Crippen molar-refractivity contribution in [3.8, 4) is 0 Å². The van der Waals surface area contributed by atoms with Crippen LogP contribution in [0, 0.1) is 0 Å². The number of Topliss-reactive ketones (excluding diaryl/α,β-unsaturated/α-hetero) is 1. The van der Waals surface area contributed by atoms with Gasteiger partial charge in [0.2, 0.25) is 5.13 Å². The molecular formula is C14H9ClF4O2. The van der Waals surface area contributed by atoms with E-state index in [9.17, 15) is 22.4 Å². The SMILES string of the molecule is O=C(C1=C(OC(F)(F)F)CC(F)(Cl)C=C1)c1ccccc1. The number of ketones is 1. The molecule has 112 valence electrons. The van der Waals surface area contributed by atoms with Gasteiger partial charge in [-0.1, -0.05) is 41.9 Å². The third kappa shape index (κ3) is 4.07. The molecule has 1 aliphatic carbocycles. The van der Waals surface area contributed by atoms with E-state index in [0.29, 0.717) is 0 Å². The van der Waals surface area contributed by atoms with Crippen molar-refractivity contribution < 1.29 is 27.1 Å². The molecule has 0 amide bonds. The first-order valence-electron chi connectivity index (χ1n) is 5.84. The summed E-state index contributed by atoms with van der Waals surface area (Å²) in [6.45, 7) is 0. The maximum atomic E-state index is 13.6. The van der Waals surface area contributed by atoms with Crippen molar-refractivity contribution in [3.63, 3.8) is 0 Å². The predicted molar refractivity (Wildman–Crippen MR) is 68.4 cm³/mol. The molecule has 7 heteroatoms. The van der Waals surface area contributed by atoms with Crippen LogP contribution in [-0.2, 0) is 4.74 Å². The topological polar surface area (TPSA) is 26.3 Å². The van der Waals surface area contributed by atoms with E-state index in [1.807, 2.05) is 0 Å². The zero-order chi connectivity index (χ0) is 15.7. The fourth-order valence-electron chi connectivity index (χ4n) is 1.84. The Kier molecular flexibility index (Phi) is 4.09. The van der Waals surface area contributed by atoms with Crippen molar-refractivity contribution >= 4 is 17.4 Å². The van der Waals surface area contributed by atoms with Crippen LogP contribution in [-0.4, -0.2) is 17.3 Å². The Labute approximate surface area is 122 Å². The second-order valence-corrected chi connectivity index (χ2v) is 4.98. The highest BCUT2D eigenvalue weighted by atomic mass is 35.5. The lowest BCUT2D eigenvalue weighted by atomic mass is 9.96. The lowest BCUT2D eigenvalue weighted by Crippen LogP contribution is -2.24. The second-order valence-electron chi connectivity index (χ2n) is 4.35. The van der Waals surface area contributed by atoms with Crippen LogP contribution in [0.25, 0.3) is 0 Å². The molecule has 0 aliphatic heterocycles. The fraction of sp³-hybridized carbons (Fsp3) is 0.214. The number of hydrogen-bond acceptors (Lipinski definition) is 2. The standard InChI is InChI=1S/C14H9ClF4O2/c15-13(16)7-6-10(11(8-13)21-14(17,18)19)12(20)9-4-2-1-3-5-9/h1-7H,8H2. The van der Waals surface area contributed by atoms with Crippen molar-refractivity contribution in [3.05, 3.63) is 59.4 Å². The molecule has 0 fully saturated rings. The largest absolute Gasteiger partial charge is 0.572 e. The van der Waals surface area contributed by atoms with Gasteiger partial charge in [-0.15, -0.1) is 13.2 Å². The van der Waals surface area contributed by atoms with Crippen LogP contribution in [0.3, 0.4) is 0 Å². The average Bonchev–Trinajstić information content (AvgIpc) is 2.36. The Morgan fingerprint density at radius 1 is 1.24 bits per heavy atom. The van der Waals surface area contributed by atoms with Gasteiger partial charge in [-0.2, -0.15) is 0 Å². The number of ether oxygens (including phenoxy) is 1. The quantitative estimate of drug-likeness (QED) is 0.465. The molecule has 2 rings (SSSR count). The number of halogens is 5. The fourth-order valence-corrected chi connectivity index (χ4v) is 2.03. The summed E-state index contributed by atoms with van der Waals surface area (Å²) in [7, 11) is 0. The van der Waals surface area contributed by atoms with E-state index in [4.69, 9.17) is 11.6 Å². The molecule has 0 radical (unpaired) electrons. The highest BCUT2D eigenvalue weighted by molar-refractivity contribution is 6.24. The molecule has 0 spiro atoms. The van der Waals surface area contributed by atoms with Crippen LogP contribution >= 0.6 is 11.6 Å². The summed E-state index contributed by atoms with van der Waals surface area (Å²) < 4.78 is 54.5. The van der Waals surface area contributed by atoms with Crippen molar-refractivity contribution in [2.45, 2.75) is 17.9 Å². The van der Waals surface area contributed by atoms with E-state index in [0.717, 1.165) is 12.2 Å². The summed E-state index contributed by atoms with van der Waals surface area (Å²) in [6, 6.07) is 7.65. The summed E-state index contributed by atoms with van der Waals surface area (Å²) >= 11 is 5.37. The van der Waals surface area contributed by atoms with Crippen LogP contribution in [0.5, 0.6) is 0 Å². The highest BCUT2D eigenvalue weighted by Gasteiger charge is 2.39. The van der Waals surface area contributed by atoms with E-state index in [1.54, 1.807) is 18.2 Å². The second kappa shape index (κ2) is 5.52. The van der Waals surface area contributed by atoms with E-state index in [1.165, 1.54) is 12.1 Å². The summed E-state index contributed by atoms with van der Waals surface area (Å²) in [5.74, 6) is -1.53. The Bertz CT molecular complexity index is 603. The third-order valence-corrected chi connectivity index (χ3v) is 2.97. The van der Waals surface area contributed by atoms with Gasteiger partial charge in [-0.05, 0) is 12.2 Å². The number of carbonyl (C=O) groups excluding carboxylic acids is 1. The molecule has 0 N–H and O–H groups in total. The van der Waals surface area contributed by atoms with Gasteiger partial charge in [0.1, 0.15) is 5.76 Å². The van der Waals surface area contributed by atoms with Gasteiger partial charge < -0.3 is 4.74 Å². The first-order chi connectivity index (χ1) is 9.68. The van der Waals surface area contributed by atoms with Crippen molar-refractivity contribution in [1.82, 2.24) is 0 Å². The zero-order valence-corrected chi connectivity index (χ0v) is 11.2. The molecule has 1 unspecified atom stereocenters. The number of benzene rings is 1. The van der Waals surface area contributed by atoms with Gasteiger partial charge in [-0.3, -0.25) is 4.79 Å². The van der Waals surface area contributed by atoms with Crippen LogP contribution < -0.4 is 0 Å². The zero-order valence-electron chi connectivity index (χ0n) is 10.5. The van der Waals surface area contributed by atoms with Crippen molar-refractivity contribution in [2.75, 3.05) is 0 Å². The number of alkyl halides is 5. The third-order valence-electron chi connectivity index (χ3n) is 2.71. The molecule has 21 heavy (non-hydrogen) atoms. The van der Waals surface area contributed by atoms with Gasteiger partial charge in [0.25, 0.3) is 0 Å². The summed E-state index contributed by atoms with van der Waals surface area (Å²) in [5, 5.41) is -2.51. The molecule has 0 bridgehead atoms. The lowest BCUT2D eigenvalue weighted by Gasteiger charge is -2.23. The Morgan fingerprint density at radius 2 is 1.86 bits per heavy atom. The maximum absolute atomic E-state index is 13.6. The van der Waals surface area contributed by atoms with Crippen LogP contribution in [0.15, 0.2) is 53.8 Å². The summed E-state index contributed by atoms with van der Waals surface area (Å²) in [5.41, 5.74) is -0.200. The molecule has 1 aromatic rings. The average molecular weight is 321 g/mol. The van der Waals surface area contributed by atoms with E-state index < -0.39 is 29.5 Å². The first kappa shape index (κ1) is 15.6. The molecule has 0 aromatic heterocycles. The van der Waals surface area contributed by atoms with Gasteiger partial charge in [0.05, 0.1) is 12.0 Å². The molecule has 1 aromatic carbocycles. The van der Waals surface area contributed by atoms with E-state index >= 15 is 0 Å². The number of hydrogen-bond donors (Lipinski definition) is 0. The predicted octanol–water partition coefficient (Wildman–Crippen LogP) is 4.52. The lowest BCUT2D eigenvalue weighted by molar-refractivity contribution is -0.307. The van der Waals surface area contributed by atoms with Gasteiger partial charge in [-0.25, -0.2) is 4.39 Å². The smallest absolute Gasteiger partial charge is 0.409 e. The molecule has 2 nitrogen and oxygen atoms in total. The first-order valence-corrected chi connectivity index (χ1v) is 6.21. The summed E-state index contributed by atoms with van der Waals surface area (Å²) in [6.07, 6.45) is -4.17. The Morgan fingerprint density at radius 3 is 2.43 bits per heavy atom. The van der Waals surface area contributed by atoms with Crippen LogP contribution in [0.2, 0.25) is 0 Å². The molecule has 0 heterocycles. The van der Waals surface area contributed by atoms with Crippen LogP contribution in [0.4, 0.5) is 17.6 Å². The van der Waals surface area contributed by atoms with Gasteiger partial charge in [0.15, 0.2) is 5.78 Å². The molecule has 0 saturated carbocycles. The monoisotopic (exact) mass is 320 g/mol. The maximum Gasteiger partial charge on any atom is 0.572 e. The molecule has 0 saturated heterocycles. The number of rotatable bonds is 3. The van der Waals surface area contributed by atoms with Gasteiger partial charge >= 0.3 is 6.36 Å². The summed E-state index contributed by atoms with van der Waals surface area (Å²) in [4.78, 5) is 12.2. The normalized spacial score (nSPS) is 22.3. The van der Waals surface area contributed by atoms with Crippen molar-refractivity contribution in [1.29, 1.82) is 0 Å². The number of allylic oxidation sites excluding steroid dienone is 4. The minimum atomic E-state index is -5.03.